The van der Waals surface area contributed by atoms with Crippen LogP contribution < -0.4 is 9.64 Å². The van der Waals surface area contributed by atoms with Gasteiger partial charge in [0.25, 0.3) is 0 Å². The van der Waals surface area contributed by atoms with Gasteiger partial charge in [-0.15, -0.1) is 0 Å². The zero-order chi connectivity index (χ0) is 13.9. The molecule has 1 aromatic carbocycles. The number of fused-ring (bicyclic) bond motifs is 1. The fourth-order valence-electron chi connectivity index (χ4n) is 2.27. The first-order chi connectivity index (χ1) is 9.75. The number of carboxylic acid groups (broad SMARTS) is 1. The van der Waals surface area contributed by atoms with E-state index in [1.807, 2.05) is 24.3 Å². The number of benzene rings is 1. The fourth-order valence-corrected chi connectivity index (χ4v) is 2.27. The maximum Gasteiger partial charge on any atom is 0.354 e. The molecule has 5 heteroatoms. The third kappa shape index (κ3) is 2.30. The van der Waals surface area contributed by atoms with Gasteiger partial charge in [-0.2, -0.15) is 0 Å². The van der Waals surface area contributed by atoms with Crippen LogP contribution in [0.2, 0.25) is 0 Å². The van der Waals surface area contributed by atoms with Gasteiger partial charge in [-0.25, -0.2) is 9.78 Å². The predicted molar refractivity (Wildman–Crippen MR) is 74.8 cm³/mol. The Morgan fingerprint density at radius 3 is 2.85 bits per heavy atom. The van der Waals surface area contributed by atoms with Gasteiger partial charge in [-0.1, -0.05) is 12.1 Å². The average Bonchev–Trinajstić information content (AvgIpc) is 2.69. The first-order valence-electron chi connectivity index (χ1n) is 6.44. The van der Waals surface area contributed by atoms with Crippen molar-refractivity contribution in [1.29, 1.82) is 0 Å². The summed E-state index contributed by atoms with van der Waals surface area (Å²) < 4.78 is 5.71. The number of pyridine rings is 1. The summed E-state index contributed by atoms with van der Waals surface area (Å²) >= 11 is 0. The van der Waals surface area contributed by atoms with Crippen LogP contribution in [0, 0.1) is 0 Å². The monoisotopic (exact) mass is 270 g/mol. The minimum atomic E-state index is -1.02. The van der Waals surface area contributed by atoms with E-state index < -0.39 is 5.97 Å². The Bertz CT molecular complexity index is 625. The zero-order valence-electron chi connectivity index (χ0n) is 10.8. The summed E-state index contributed by atoms with van der Waals surface area (Å²) in [5, 5.41) is 8.89. The van der Waals surface area contributed by atoms with E-state index >= 15 is 0 Å². The van der Waals surface area contributed by atoms with Crippen LogP contribution in [0.15, 0.2) is 42.6 Å². The van der Waals surface area contributed by atoms with Crippen LogP contribution in [0.3, 0.4) is 0 Å². The molecule has 0 saturated carbocycles. The molecule has 0 spiro atoms. The number of aromatic carboxylic acids is 1. The Hall–Kier alpha value is -2.56. The molecule has 0 fully saturated rings. The smallest absolute Gasteiger partial charge is 0.354 e. The molecule has 102 valence electrons. The molecule has 1 aromatic heterocycles. The first kappa shape index (κ1) is 12.5. The lowest BCUT2D eigenvalue weighted by Crippen LogP contribution is -2.18. The Morgan fingerprint density at radius 2 is 2.10 bits per heavy atom. The summed E-state index contributed by atoms with van der Waals surface area (Å²) in [6, 6.07) is 11.1. The molecule has 2 aromatic rings. The first-order valence-corrected chi connectivity index (χ1v) is 6.44. The second kappa shape index (κ2) is 5.21. The summed E-state index contributed by atoms with van der Waals surface area (Å²) in [4.78, 5) is 16.9. The third-order valence-electron chi connectivity index (χ3n) is 3.22. The number of para-hydroxylation sites is 2. The van der Waals surface area contributed by atoms with Crippen LogP contribution >= 0.6 is 0 Å². The van der Waals surface area contributed by atoms with E-state index in [1.54, 1.807) is 12.3 Å². The van der Waals surface area contributed by atoms with Crippen molar-refractivity contribution in [3.8, 4) is 5.75 Å². The number of anilines is 2. The highest BCUT2D eigenvalue weighted by atomic mass is 16.5. The molecule has 0 radical (unpaired) electrons. The molecule has 0 unspecified atom stereocenters. The predicted octanol–water partition coefficient (Wildman–Crippen LogP) is 2.70. The molecule has 3 rings (SSSR count). The Balaban J connectivity index is 1.98. The van der Waals surface area contributed by atoms with Crippen LogP contribution in [-0.4, -0.2) is 29.2 Å². The summed E-state index contributed by atoms with van der Waals surface area (Å²) in [7, 11) is 0. The number of nitrogens with zero attached hydrogens (tertiary/aromatic N) is 2. The molecular formula is C15H14N2O3. The van der Waals surface area contributed by atoms with E-state index in [2.05, 4.69) is 9.88 Å². The topological polar surface area (TPSA) is 62.7 Å². The fraction of sp³-hybridized carbons (Fsp3) is 0.200. The molecule has 2 heterocycles. The molecule has 1 aliphatic rings. The standard InChI is InChI=1S/C15H14N2O3/c18-15(19)12-7-6-11(10-16-12)17-8-3-9-20-14-5-2-1-4-13(14)17/h1-2,4-7,10H,3,8-9H2,(H,18,19). The lowest BCUT2D eigenvalue weighted by Gasteiger charge is -2.23. The van der Waals surface area contributed by atoms with Crippen LogP contribution in [0.1, 0.15) is 16.9 Å². The van der Waals surface area contributed by atoms with Crippen LogP contribution in [0.4, 0.5) is 11.4 Å². The normalized spacial score (nSPS) is 14.1. The van der Waals surface area contributed by atoms with Gasteiger partial charge in [0.2, 0.25) is 0 Å². The summed E-state index contributed by atoms with van der Waals surface area (Å²) in [6.45, 7) is 1.49. The molecule has 0 saturated heterocycles. The molecule has 0 aliphatic carbocycles. The molecule has 5 nitrogen and oxygen atoms in total. The van der Waals surface area contributed by atoms with Gasteiger partial charge in [-0.3, -0.25) is 0 Å². The number of carboxylic acids is 1. The molecule has 1 N–H and O–H groups in total. The van der Waals surface area contributed by atoms with Crippen molar-refractivity contribution in [3.63, 3.8) is 0 Å². The maximum absolute atomic E-state index is 10.8. The van der Waals surface area contributed by atoms with Gasteiger partial charge >= 0.3 is 5.97 Å². The maximum atomic E-state index is 10.8. The molecule has 0 bridgehead atoms. The quantitative estimate of drug-likeness (QED) is 0.909. The molecular weight excluding hydrogens is 256 g/mol. The van der Waals surface area contributed by atoms with Crippen molar-refractivity contribution < 1.29 is 14.6 Å². The Labute approximate surface area is 116 Å². The minimum absolute atomic E-state index is 0.0492. The second-order valence-corrected chi connectivity index (χ2v) is 4.53. The lowest BCUT2D eigenvalue weighted by atomic mass is 10.2. The summed E-state index contributed by atoms with van der Waals surface area (Å²) in [6.07, 6.45) is 2.49. The van der Waals surface area contributed by atoms with Crippen molar-refractivity contribution in [1.82, 2.24) is 4.98 Å². The third-order valence-corrected chi connectivity index (χ3v) is 3.22. The van der Waals surface area contributed by atoms with Crippen LogP contribution in [0.5, 0.6) is 5.75 Å². The summed E-state index contributed by atoms with van der Waals surface area (Å²) in [5.41, 5.74) is 1.90. The Morgan fingerprint density at radius 1 is 1.25 bits per heavy atom. The van der Waals surface area contributed by atoms with E-state index in [0.717, 1.165) is 30.1 Å². The second-order valence-electron chi connectivity index (χ2n) is 4.53. The zero-order valence-corrected chi connectivity index (χ0v) is 10.8. The number of ether oxygens (including phenoxy) is 1. The van der Waals surface area contributed by atoms with Gasteiger partial charge < -0.3 is 14.7 Å². The largest absolute Gasteiger partial charge is 0.491 e. The van der Waals surface area contributed by atoms with Crippen molar-refractivity contribution in [3.05, 3.63) is 48.3 Å². The van der Waals surface area contributed by atoms with E-state index in [1.165, 1.54) is 6.07 Å². The molecule has 1 aliphatic heterocycles. The van der Waals surface area contributed by atoms with Crippen molar-refractivity contribution in [2.75, 3.05) is 18.1 Å². The number of hydrogen-bond donors (Lipinski definition) is 1. The van der Waals surface area contributed by atoms with Gasteiger partial charge in [-0.05, 0) is 30.7 Å². The van der Waals surface area contributed by atoms with Gasteiger partial charge in [0.05, 0.1) is 24.2 Å². The highest BCUT2D eigenvalue weighted by Gasteiger charge is 2.18. The van der Waals surface area contributed by atoms with E-state index in [-0.39, 0.29) is 5.69 Å². The molecule has 0 amide bonds. The van der Waals surface area contributed by atoms with Gasteiger partial charge in [0, 0.05) is 6.54 Å². The number of carbonyl (C=O) groups is 1. The highest BCUT2D eigenvalue weighted by molar-refractivity contribution is 5.85. The summed E-state index contributed by atoms with van der Waals surface area (Å²) in [5.74, 6) is -0.177. The van der Waals surface area contributed by atoms with E-state index in [4.69, 9.17) is 9.84 Å². The number of aromatic nitrogens is 1. The minimum Gasteiger partial charge on any atom is -0.491 e. The van der Waals surface area contributed by atoms with Gasteiger partial charge in [0.15, 0.2) is 0 Å². The number of hydrogen-bond acceptors (Lipinski definition) is 4. The number of rotatable bonds is 2. The van der Waals surface area contributed by atoms with Crippen molar-refractivity contribution >= 4 is 17.3 Å². The van der Waals surface area contributed by atoms with E-state index in [9.17, 15) is 4.79 Å². The molecule has 20 heavy (non-hydrogen) atoms. The Kier molecular flexibility index (Phi) is 3.25. The van der Waals surface area contributed by atoms with Crippen molar-refractivity contribution in [2.24, 2.45) is 0 Å². The SMILES string of the molecule is O=C(O)c1ccc(N2CCCOc3ccccc32)cn1. The van der Waals surface area contributed by atoms with E-state index in [0.29, 0.717) is 6.61 Å². The van der Waals surface area contributed by atoms with Crippen LogP contribution in [0.25, 0.3) is 0 Å². The lowest BCUT2D eigenvalue weighted by molar-refractivity contribution is 0.0690. The average molecular weight is 270 g/mol. The van der Waals surface area contributed by atoms with Crippen molar-refractivity contribution in [2.45, 2.75) is 6.42 Å². The molecule has 0 atom stereocenters. The van der Waals surface area contributed by atoms with Crippen LogP contribution in [-0.2, 0) is 0 Å². The van der Waals surface area contributed by atoms with Gasteiger partial charge in [0.1, 0.15) is 11.4 Å². The highest BCUT2D eigenvalue weighted by Crippen LogP contribution is 2.35.